The van der Waals surface area contributed by atoms with Crippen molar-refractivity contribution in [2.24, 2.45) is 7.05 Å². The highest BCUT2D eigenvalue weighted by atomic mass is 35.5. The fraction of sp³-hybridized carbons (Fsp3) is 0.292. The van der Waals surface area contributed by atoms with Gasteiger partial charge in [-0.3, -0.25) is 4.68 Å². The van der Waals surface area contributed by atoms with Crippen LogP contribution in [0.2, 0.25) is 10.0 Å². The summed E-state index contributed by atoms with van der Waals surface area (Å²) in [6, 6.07) is 9.58. The van der Waals surface area contributed by atoms with E-state index in [4.69, 9.17) is 33.0 Å². The summed E-state index contributed by atoms with van der Waals surface area (Å²) >= 11 is 12.7. The number of aryl methyl sites for hydroxylation is 2. The number of nitrogens with zero attached hydrogens (tertiary/aromatic N) is 4. The van der Waals surface area contributed by atoms with Gasteiger partial charge >= 0.3 is 0 Å². The maximum absolute atomic E-state index is 6.61. The van der Waals surface area contributed by atoms with Crippen LogP contribution in [0.1, 0.15) is 41.5 Å². The highest BCUT2D eigenvalue weighted by Gasteiger charge is 2.34. The average molecular weight is 451 g/mol. The zero-order chi connectivity index (χ0) is 21.1. The van der Waals surface area contributed by atoms with E-state index in [0.717, 1.165) is 52.7 Å². The van der Waals surface area contributed by atoms with Crippen LogP contribution >= 0.6 is 23.2 Å². The molecule has 2 aromatic heterocycles. The van der Waals surface area contributed by atoms with E-state index in [1.807, 2.05) is 42.1 Å². The molecule has 31 heavy (non-hydrogen) atoms. The molecule has 0 spiro atoms. The van der Waals surface area contributed by atoms with Crippen LogP contribution in [0, 0.1) is 0 Å². The lowest BCUT2D eigenvalue weighted by atomic mass is 9.93. The normalized spacial score (nSPS) is 17.5. The standard InChI is InChI=1S/C24H20Cl2N4O/c1-30-23(17-4-2-3-5-19(17)29-30)21-9-13-8-15(26)10-18(24(13)31-21)22-16-7-6-14(25)11-20(16)27-12-28-22/h6-8,10-12,21H,2-5,9H2,1H3/t21-/m1/s1. The van der Waals surface area contributed by atoms with E-state index in [9.17, 15) is 0 Å². The Labute approximate surface area is 190 Å². The molecule has 0 radical (unpaired) electrons. The molecule has 6 rings (SSSR count). The number of hydrogen-bond acceptors (Lipinski definition) is 4. The Balaban J connectivity index is 1.48. The maximum atomic E-state index is 6.61. The third-order valence-electron chi connectivity index (χ3n) is 6.32. The molecular weight excluding hydrogens is 431 g/mol. The van der Waals surface area contributed by atoms with Crippen molar-refractivity contribution >= 4 is 34.1 Å². The first-order valence-electron chi connectivity index (χ1n) is 10.5. The van der Waals surface area contributed by atoms with E-state index in [1.165, 1.54) is 29.8 Å². The fourth-order valence-electron chi connectivity index (χ4n) is 5.01. The highest BCUT2D eigenvalue weighted by molar-refractivity contribution is 6.31. The third-order valence-corrected chi connectivity index (χ3v) is 6.78. The fourth-order valence-corrected chi connectivity index (χ4v) is 5.41. The molecule has 0 unspecified atom stereocenters. The Morgan fingerprint density at radius 3 is 2.81 bits per heavy atom. The second-order valence-electron chi connectivity index (χ2n) is 8.28. The summed E-state index contributed by atoms with van der Waals surface area (Å²) in [5.74, 6) is 0.843. The lowest BCUT2D eigenvalue weighted by Gasteiger charge is -2.17. The van der Waals surface area contributed by atoms with Crippen LogP contribution in [0.15, 0.2) is 36.7 Å². The highest BCUT2D eigenvalue weighted by Crippen LogP contribution is 2.46. The Hall–Kier alpha value is -2.63. The molecule has 1 aliphatic carbocycles. The SMILES string of the molecule is Cn1nc2c(c1[C@H]1Cc3cc(Cl)cc(-c4ncnc5cc(Cl)ccc45)c3O1)CCCC2. The molecule has 0 saturated carbocycles. The van der Waals surface area contributed by atoms with Crippen molar-refractivity contribution in [2.75, 3.05) is 0 Å². The van der Waals surface area contributed by atoms with Gasteiger partial charge in [0.25, 0.3) is 0 Å². The maximum Gasteiger partial charge on any atom is 0.145 e. The van der Waals surface area contributed by atoms with Crippen LogP contribution < -0.4 is 4.74 Å². The van der Waals surface area contributed by atoms with Gasteiger partial charge in [-0.25, -0.2) is 9.97 Å². The van der Waals surface area contributed by atoms with E-state index >= 15 is 0 Å². The summed E-state index contributed by atoms with van der Waals surface area (Å²) in [5.41, 5.74) is 7.35. The van der Waals surface area contributed by atoms with E-state index in [0.29, 0.717) is 10.0 Å². The van der Waals surface area contributed by atoms with Crippen LogP contribution in [-0.4, -0.2) is 19.7 Å². The van der Waals surface area contributed by atoms with Crippen molar-refractivity contribution in [1.29, 1.82) is 0 Å². The van der Waals surface area contributed by atoms with Crippen molar-refractivity contribution in [3.63, 3.8) is 0 Å². The Kier molecular flexibility index (Phi) is 4.44. The number of aromatic nitrogens is 4. The molecule has 156 valence electrons. The predicted octanol–water partition coefficient (Wildman–Crippen LogP) is 5.89. The first kappa shape index (κ1) is 19.1. The van der Waals surface area contributed by atoms with Gasteiger partial charge < -0.3 is 4.74 Å². The van der Waals surface area contributed by atoms with E-state index in [1.54, 1.807) is 6.33 Å². The van der Waals surface area contributed by atoms with E-state index in [2.05, 4.69) is 9.97 Å². The molecule has 0 N–H and O–H groups in total. The minimum Gasteiger partial charge on any atom is -0.483 e. The zero-order valence-electron chi connectivity index (χ0n) is 17.0. The number of halogens is 2. The number of rotatable bonds is 2. The molecule has 0 amide bonds. The Bertz CT molecular complexity index is 1350. The number of ether oxygens (including phenoxy) is 1. The summed E-state index contributed by atoms with van der Waals surface area (Å²) < 4.78 is 8.62. The summed E-state index contributed by atoms with van der Waals surface area (Å²) in [4.78, 5) is 8.97. The molecule has 2 aromatic carbocycles. The van der Waals surface area contributed by atoms with Gasteiger partial charge in [0, 0.05) is 45.6 Å². The topological polar surface area (TPSA) is 52.8 Å². The van der Waals surface area contributed by atoms with Crippen LogP contribution in [0.25, 0.3) is 22.2 Å². The number of fused-ring (bicyclic) bond motifs is 3. The summed E-state index contributed by atoms with van der Waals surface area (Å²) in [6.45, 7) is 0. The first-order valence-corrected chi connectivity index (χ1v) is 11.3. The second-order valence-corrected chi connectivity index (χ2v) is 9.15. The van der Waals surface area contributed by atoms with Crippen LogP contribution in [-0.2, 0) is 26.3 Å². The van der Waals surface area contributed by atoms with Gasteiger partial charge in [0.1, 0.15) is 18.2 Å². The predicted molar refractivity (Wildman–Crippen MR) is 122 cm³/mol. The lowest BCUT2D eigenvalue weighted by Crippen LogP contribution is -2.12. The molecule has 7 heteroatoms. The van der Waals surface area contributed by atoms with Gasteiger partial charge in [-0.1, -0.05) is 23.2 Å². The van der Waals surface area contributed by atoms with Gasteiger partial charge in [0.05, 0.1) is 22.6 Å². The first-order chi connectivity index (χ1) is 15.1. The Morgan fingerprint density at radius 2 is 1.90 bits per heavy atom. The zero-order valence-corrected chi connectivity index (χ0v) is 18.5. The van der Waals surface area contributed by atoms with Crippen LogP contribution in [0.4, 0.5) is 0 Å². The van der Waals surface area contributed by atoms with Crippen molar-refractivity contribution < 1.29 is 4.74 Å². The Morgan fingerprint density at radius 1 is 1.03 bits per heavy atom. The lowest BCUT2D eigenvalue weighted by molar-refractivity contribution is 0.226. The molecule has 1 aliphatic heterocycles. The monoisotopic (exact) mass is 450 g/mol. The van der Waals surface area contributed by atoms with Gasteiger partial charge in [0.15, 0.2) is 0 Å². The molecule has 5 nitrogen and oxygen atoms in total. The molecular formula is C24H20Cl2N4O. The summed E-state index contributed by atoms with van der Waals surface area (Å²) in [6.07, 6.45) is 6.79. The van der Waals surface area contributed by atoms with Gasteiger partial charge in [-0.2, -0.15) is 5.10 Å². The molecule has 2 aliphatic rings. The average Bonchev–Trinajstić information content (AvgIpc) is 3.31. The third kappa shape index (κ3) is 3.10. The number of hydrogen-bond donors (Lipinski definition) is 0. The molecule has 4 aromatic rings. The summed E-state index contributed by atoms with van der Waals surface area (Å²) in [5, 5.41) is 7.02. The van der Waals surface area contributed by atoms with E-state index in [-0.39, 0.29) is 6.10 Å². The minimum absolute atomic E-state index is 0.0749. The smallest absolute Gasteiger partial charge is 0.145 e. The minimum atomic E-state index is -0.0749. The molecule has 3 heterocycles. The van der Waals surface area contributed by atoms with Gasteiger partial charge in [-0.05, 0) is 56.0 Å². The van der Waals surface area contributed by atoms with Crippen molar-refractivity contribution in [2.45, 2.75) is 38.2 Å². The second kappa shape index (κ2) is 7.21. The van der Waals surface area contributed by atoms with Gasteiger partial charge in [-0.15, -0.1) is 0 Å². The largest absolute Gasteiger partial charge is 0.483 e. The quantitative estimate of drug-likeness (QED) is 0.381. The molecule has 0 fully saturated rings. The van der Waals surface area contributed by atoms with Crippen molar-refractivity contribution in [1.82, 2.24) is 19.7 Å². The van der Waals surface area contributed by atoms with Crippen molar-refractivity contribution in [3.05, 3.63) is 69.2 Å². The molecule has 1 atom stereocenters. The van der Waals surface area contributed by atoms with Crippen molar-refractivity contribution in [3.8, 4) is 17.0 Å². The molecule has 0 bridgehead atoms. The summed E-state index contributed by atoms with van der Waals surface area (Å²) in [7, 11) is 2.02. The van der Waals surface area contributed by atoms with Crippen LogP contribution in [0.5, 0.6) is 5.75 Å². The molecule has 0 saturated heterocycles. The number of benzene rings is 2. The van der Waals surface area contributed by atoms with Gasteiger partial charge in [0.2, 0.25) is 0 Å². The van der Waals surface area contributed by atoms with Crippen LogP contribution in [0.3, 0.4) is 0 Å². The van der Waals surface area contributed by atoms with E-state index < -0.39 is 0 Å².